The number of rotatable bonds is 5. The van der Waals surface area contributed by atoms with Gasteiger partial charge in [-0.1, -0.05) is 30.3 Å². The Balaban J connectivity index is 2.00. The van der Waals surface area contributed by atoms with E-state index in [4.69, 9.17) is 0 Å². The first-order chi connectivity index (χ1) is 10.0. The van der Waals surface area contributed by atoms with Crippen LogP contribution in [0.4, 0.5) is 5.69 Å². The van der Waals surface area contributed by atoms with Crippen molar-refractivity contribution < 1.29 is 9.90 Å². The Bertz CT molecular complexity index is 597. The van der Waals surface area contributed by atoms with Crippen LogP contribution >= 0.6 is 11.8 Å². The van der Waals surface area contributed by atoms with E-state index in [-0.39, 0.29) is 12.3 Å². The van der Waals surface area contributed by atoms with Crippen LogP contribution in [-0.2, 0) is 10.4 Å². The van der Waals surface area contributed by atoms with E-state index in [0.717, 1.165) is 10.6 Å². The molecule has 0 aliphatic rings. The van der Waals surface area contributed by atoms with Crippen LogP contribution < -0.4 is 5.32 Å². The first-order valence-electron chi connectivity index (χ1n) is 6.59. The van der Waals surface area contributed by atoms with Gasteiger partial charge in [0.15, 0.2) is 0 Å². The summed E-state index contributed by atoms with van der Waals surface area (Å²) >= 11 is 1.54. The molecule has 2 N–H and O–H groups in total. The van der Waals surface area contributed by atoms with Crippen LogP contribution in [0.5, 0.6) is 0 Å². The Morgan fingerprint density at radius 1 is 1.29 bits per heavy atom. The molecule has 1 heterocycles. The molecule has 1 aromatic carbocycles. The van der Waals surface area contributed by atoms with Gasteiger partial charge in [-0.05, 0) is 30.9 Å². The molecular weight excluding hydrogens is 284 g/mol. The molecule has 0 aliphatic heterocycles. The van der Waals surface area contributed by atoms with Gasteiger partial charge in [0.25, 0.3) is 0 Å². The SMILES string of the molecule is CSc1ccc(NC(=O)CC(C)(O)c2ccccc2)cn1. The summed E-state index contributed by atoms with van der Waals surface area (Å²) in [6.45, 7) is 1.64. The molecule has 2 aromatic rings. The molecule has 2 rings (SSSR count). The molecule has 0 radical (unpaired) electrons. The Morgan fingerprint density at radius 2 is 2.00 bits per heavy atom. The number of carbonyl (C=O) groups excluding carboxylic acids is 1. The zero-order valence-electron chi connectivity index (χ0n) is 12.0. The summed E-state index contributed by atoms with van der Waals surface area (Å²) < 4.78 is 0. The molecule has 0 saturated carbocycles. The second-order valence-corrected chi connectivity index (χ2v) is 5.78. The number of aromatic nitrogens is 1. The third-order valence-corrected chi connectivity index (χ3v) is 3.79. The summed E-state index contributed by atoms with van der Waals surface area (Å²) in [7, 11) is 0. The molecule has 0 fully saturated rings. The van der Waals surface area contributed by atoms with Crippen molar-refractivity contribution in [1.82, 2.24) is 4.98 Å². The predicted octanol–water partition coefficient (Wildman–Crippen LogP) is 3.04. The molecule has 1 atom stereocenters. The first-order valence-corrected chi connectivity index (χ1v) is 7.81. The van der Waals surface area contributed by atoms with Gasteiger partial charge in [-0.15, -0.1) is 11.8 Å². The molecule has 5 heteroatoms. The van der Waals surface area contributed by atoms with Crippen LogP contribution in [-0.4, -0.2) is 22.3 Å². The summed E-state index contributed by atoms with van der Waals surface area (Å²) in [4.78, 5) is 16.2. The lowest BCUT2D eigenvalue weighted by Gasteiger charge is -2.23. The maximum absolute atomic E-state index is 12.1. The van der Waals surface area contributed by atoms with Crippen LogP contribution in [0.15, 0.2) is 53.7 Å². The third-order valence-electron chi connectivity index (χ3n) is 3.13. The van der Waals surface area contributed by atoms with Crippen molar-refractivity contribution in [2.45, 2.75) is 24.0 Å². The molecule has 1 amide bonds. The van der Waals surface area contributed by atoms with Gasteiger partial charge in [0.1, 0.15) is 0 Å². The summed E-state index contributed by atoms with van der Waals surface area (Å²) in [5.74, 6) is -0.248. The van der Waals surface area contributed by atoms with Crippen molar-refractivity contribution >= 4 is 23.4 Å². The summed E-state index contributed by atoms with van der Waals surface area (Å²) in [6.07, 6.45) is 3.54. The Kier molecular flexibility index (Phi) is 4.98. The zero-order chi connectivity index (χ0) is 15.3. The van der Waals surface area contributed by atoms with Crippen molar-refractivity contribution in [3.8, 4) is 0 Å². The van der Waals surface area contributed by atoms with Crippen LogP contribution in [0, 0.1) is 0 Å². The molecule has 0 aliphatic carbocycles. The highest BCUT2D eigenvalue weighted by atomic mass is 32.2. The van der Waals surface area contributed by atoms with Crippen molar-refractivity contribution in [2.24, 2.45) is 0 Å². The standard InChI is InChI=1S/C16H18N2O2S/c1-16(20,12-6-4-3-5-7-12)10-14(19)18-13-8-9-15(21-2)17-11-13/h3-9,11,20H,10H2,1-2H3,(H,18,19). The fourth-order valence-corrected chi connectivity index (χ4v) is 2.35. The Labute approximate surface area is 128 Å². The van der Waals surface area contributed by atoms with Crippen molar-refractivity contribution in [1.29, 1.82) is 0 Å². The fraction of sp³-hybridized carbons (Fsp3) is 0.250. The number of pyridine rings is 1. The van der Waals surface area contributed by atoms with Gasteiger partial charge >= 0.3 is 0 Å². The molecule has 1 aromatic heterocycles. The van der Waals surface area contributed by atoms with Crippen molar-refractivity contribution in [3.05, 3.63) is 54.2 Å². The van der Waals surface area contributed by atoms with Gasteiger partial charge in [-0.3, -0.25) is 4.79 Å². The van der Waals surface area contributed by atoms with E-state index in [9.17, 15) is 9.90 Å². The minimum atomic E-state index is -1.20. The zero-order valence-corrected chi connectivity index (χ0v) is 12.9. The molecular formula is C16H18N2O2S. The first kappa shape index (κ1) is 15.5. The highest BCUT2D eigenvalue weighted by Crippen LogP contribution is 2.24. The van der Waals surface area contributed by atoms with E-state index in [1.165, 1.54) is 11.8 Å². The van der Waals surface area contributed by atoms with E-state index in [0.29, 0.717) is 5.69 Å². The third kappa shape index (κ3) is 4.31. The van der Waals surface area contributed by atoms with Crippen LogP contribution in [0.1, 0.15) is 18.9 Å². The second-order valence-electron chi connectivity index (χ2n) is 4.95. The highest BCUT2D eigenvalue weighted by Gasteiger charge is 2.26. The maximum Gasteiger partial charge on any atom is 0.227 e. The van der Waals surface area contributed by atoms with Gasteiger partial charge < -0.3 is 10.4 Å². The van der Waals surface area contributed by atoms with E-state index < -0.39 is 5.60 Å². The van der Waals surface area contributed by atoms with Crippen molar-refractivity contribution in [3.63, 3.8) is 0 Å². The molecule has 1 unspecified atom stereocenters. The van der Waals surface area contributed by atoms with E-state index in [1.807, 2.05) is 42.7 Å². The smallest absolute Gasteiger partial charge is 0.227 e. The number of thioether (sulfide) groups is 1. The van der Waals surface area contributed by atoms with E-state index >= 15 is 0 Å². The molecule has 0 bridgehead atoms. The molecule has 21 heavy (non-hydrogen) atoms. The topological polar surface area (TPSA) is 62.2 Å². The van der Waals surface area contributed by atoms with Gasteiger partial charge in [0.2, 0.25) is 5.91 Å². The summed E-state index contributed by atoms with van der Waals surface area (Å²) in [5.41, 5.74) is 0.149. The number of anilines is 1. The largest absolute Gasteiger partial charge is 0.385 e. The normalized spacial score (nSPS) is 13.5. The van der Waals surface area contributed by atoms with Gasteiger partial charge in [-0.25, -0.2) is 4.98 Å². The molecule has 4 nitrogen and oxygen atoms in total. The summed E-state index contributed by atoms with van der Waals surface area (Å²) in [6, 6.07) is 12.8. The summed E-state index contributed by atoms with van der Waals surface area (Å²) in [5, 5.41) is 14.1. The monoisotopic (exact) mass is 302 g/mol. The Hall–Kier alpha value is -1.85. The van der Waals surface area contributed by atoms with Gasteiger partial charge in [0.05, 0.1) is 28.9 Å². The van der Waals surface area contributed by atoms with E-state index in [2.05, 4.69) is 10.3 Å². The quantitative estimate of drug-likeness (QED) is 0.833. The number of nitrogens with zero attached hydrogens (tertiary/aromatic N) is 1. The predicted molar refractivity (Wildman–Crippen MR) is 85.3 cm³/mol. The number of hydrogen-bond donors (Lipinski definition) is 2. The van der Waals surface area contributed by atoms with E-state index in [1.54, 1.807) is 19.2 Å². The van der Waals surface area contributed by atoms with Crippen LogP contribution in [0.2, 0.25) is 0 Å². The maximum atomic E-state index is 12.1. The lowest BCUT2D eigenvalue weighted by molar-refractivity contribution is -0.120. The number of hydrogen-bond acceptors (Lipinski definition) is 4. The van der Waals surface area contributed by atoms with Gasteiger partial charge in [-0.2, -0.15) is 0 Å². The minimum absolute atomic E-state index is 0.0126. The molecule has 0 spiro atoms. The van der Waals surface area contributed by atoms with Gasteiger partial charge in [0, 0.05) is 0 Å². The highest BCUT2D eigenvalue weighted by molar-refractivity contribution is 7.98. The Morgan fingerprint density at radius 3 is 2.57 bits per heavy atom. The molecule has 110 valence electrons. The molecule has 0 saturated heterocycles. The minimum Gasteiger partial charge on any atom is -0.385 e. The van der Waals surface area contributed by atoms with Crippen LogP contribution in [0.3, 0.4) is 0 Å². The number of aliphatic hydroxyl groups is 1. The lowest BCUT2D eigenvalue weighted by Crippen LogP contribution is -2.28. The second kappa shape index (κ2) is 6.74. The number of carbonyl (C=O) groups is 1. The average Bonchev–Trinajstić information content (AvgIpc) is 2.48. The van der Waals surface area contributed by atoms with Crippen LogP contribution in [0.25, 0.3) is 0 Å². The fourth-order valence-electron chi connectivity index (χ4n) is 1.99. The average molecular weight is 302 g/mol. The lowest BCUT2D eigenvalue weighted by atomic mass is 9.92. The number of benzene rings is 1. The number of amides is 1. The van der Waals surface area contributed by atoms with Crippen molar-refractivity contribution in [2.75, 3.05) is 11.6 Å². The number of nitrogens with one attached hydrogen (secondary N) is 1.